The number of hydrogen-bond acceptors (Lipinski definition) is 4. The number of thioether (sulfide) groups is 1. The summed E-state index contributed by atoms with van der Waals surface area (Å²) in [5.74, 6) is 0.800. The van der Waals surface area contributed by atoms with Crippen LogP contribution in [0.15, 0.2) is 18.2 Å². The molecule has 2 N–H and O–H groups in total. The van der Waals surface area contributed by atoms with Crippen molar-refractivity contribution in [3.63, 3.8) is 0 Å². The van der Waals surface area contributed by atoms with Gasteiger partial charge in [-0.1, -0.05) is 12.1 Å². The fourth-order valence-electron chi connectivity index (χ4n) is 1.69. The van der Waals surface area contributed by atoms with Gasteiger partial charge in [0.25, 0.3) is 0 Å². The fraction of sp³-hybridized carbons (Fsp3) is 0.538. The van der Waals surface area contributed by atoms with E-state index in [1.54, 1.807) is 12.1 Å². The van der Waals surface area contributed by atoms with E-state index in [2.05, 4.69) is 0 Å². The summed E-state index contributed by atoms with van der Waals surface area (Å²) in [4.78, 5) is 0. The molecule has 114 valence electrons. The van der Waals surface area contributed by atoms with Crippen LogP contribution in [0.4, 0.5) is 13.2 Å². The number of hydrogen-bond donors (Lipinski definition) is 1. The van der Waals surface area contributed by atoms with Crippen LogP contribution >= 0.6 is 11.8 Å². The van der Waals surface area contributed by atoms with E-state index >= 15 is 0 Å². The molecule has 1 unspecified atom stereocenters. The summed E-state index contributed by atoms with van der Waals surface area (Å²) in [6.45, 7) is 1.80. The second kappa shape index (κ2) is 7.64. The highest BCUT2D eigenvalue weighted by atomic mass is 32.2. The zero-order valence-corrected chi connectivity index (χ0v) is 12.2. The van der Waals surface area contributed by atoms with Crippen LogP contribution in [0.25, 0.3) is 0 Å². The maximum Gasteiger partial charge on any atom is 0.441 e. The van der Waals surface area contributed by atoms with Crippen molar-refractivity contribution in [3.8, 4) is 11.5 Å². The van der Waals surface area contributed by atoms with Crippen molar-refractivity contribution in [1.82, 2.24) is 0 Å². The zero-order chi connectivity index (χ0) is 15.2. The summed E-state index contributed by atoms with van der Waals surface area (Å²) < 4.78 is 46.8. The van der Waals surface area contributed by atoms with E-state index in [9.17, 15) is 13.2 Å². The molecule has 0 amide bonds. The Hall–Kier alpha value is -1.08. The molecule has 0 aliphatic heterocycles. The minimum Gasteiger partial charge on any atom is -0.493 e. The SMILES string of the molecule is COc1cccc(CC(C)N)c1OCCSC(F)(F)F. The molecular weight excluding hydrogens is 291 g/mol. The molecule has 0 radical (unpaired) electrons. The van der Waals surface area contributed by atoms with Gasteiger partial charge >= 0.3 is 5.51 Å². The van der Waals surface area contributed by atoms with Gasteiger partial charge < -0.3 is 15.2 Å². The smallest absolute Gasteiger partial charge is 0.441 e. The number of methoxy groups -OCH3 is 1. The van der Waals surface area contributed by atoms with E-state index in [1.807, 2.05) is 13.0 Å². The zero-order valence-electron chi connectivity index (χ0n) is 11.4. The average Bonchev–Trinajstić information content (AvgIpc) is 2.33. The Bertz CT molecular complexity index is 425. The summed E-state index contributed by atoms with van der Waals surface area (Å²) in [6.07, 6.45) is 0.568. The van der Waals surface area contributed by atoms with Crippen molar-refractivity contribution in [1.29, 1.82) is 0 Å². The second-order valence-electron chi connectivity index (χ2n) is 4.27. The molecule has 7 heteroatoms. The number of para-hydroxylation sites is 1. The van der Waals surface area contributed by atoms with E-state index in [-0.39, 0.29) is 30.2 Å². The standard InChI is InChI=1S/C13H18F3NO2S/c1-9(17)8-10-4-3-5-11(18-2)12(10)19-6-7-20-13(14,15)16/h3-5,9H,6-8,17H2,1-2H3. The first-order valence-corrected chi connectivity index (χ1v) is 7.07. The summed E-state index contributed by atoms with van der Waals surface area (Å²) in [5.41, 5.74) is 2.34. The molecule has 0 heterocycles. The Labute approximate surface area is 120 Å². The molecular formula is C13H18F3NO2S. The monoisotopic (exact) mass is 309 g/mol. The lowest BCUT2D eigenvalue weighted by molar-refractivity contribution is -0.0329. The van der Waals surface area contributed by atoms with Gasteiger partial charge in [-0.3, -0.25) is 0 Å². The molecule has 1 aromatic carbocycles. The molecule has 0 aliphatic rings. The van der Waals surface area contributed by atoms with Crippen molar-refractivity contribution in [2.75, 3.05) is 19.5 Å². The van der Waals surface area contributed by atoms with Crippen LogP contribution in [0.1, 0.15) is 12.5 Å². The fourth-order valence-corrected chi connectivity index (χ4v) is 2.09. The van der Waals surface area contributed by atoms with Gasteiger partial charge in [0.1, 0.15) is 0 Å². The van der Waals surface area contributed by atoms with Gasteiger partial charge in [-0.2, -0.15) is 13.2 Å². The van der Waals surface area contributed by atoms with Crippen molar-refractivity contribution < 1.29 is 22.6 Å². The van der Waals surface area contributed by atoms with E-state index in [0.29, 0.717) is 17.9 Å². The third-order valence-corrected chi connectivity index (χ3v) is 3.12. The minimum atomic E-state index is -4.24. The lowest BCUT2D eigenvalue weighted by atomic mass is 10.1. The normalized spacial score (nSPS) is 13.1. The average molecular weight is 309 g/mol. The first-order chi connectivity index (χ1) is 9.33. The Morgan fingerprint density at radius 1 is 1.35 bits per heavy atom. The van der Waals surface area contributed by atoms with Gasteiger partial charge in [-0.05, 0) is 36.7 Å². The van der Waals surface area contributed by atoms with Crippen molar-refractivity contribution in [2.45, 2.75) is 24.9 Å². The third-order valence-electron chi connectivity index (χ3n) is 2.42. The Balaban J connectivity index is 2.70. The van der Waals surface area contributed by atoms with Gasteiger partial charge in [0.2, 0.25) is 0 Å². The number of benzene rings is 1. The lowest BCUT2D eigenvalue weighted by Crippen LogP contribution is -2.18. The molecule has 0 aromatic heterocycles. The highest BCUT2D eigenvalue weighted by Gasteiger charge is 2.27. The maximum atomic E-state index is 12.0. The Morgan fingerprint density at radius 3 is 2.60 bits per heavy atom. The molecule has 1 aromatic rings. The van der Waals surface area contributed by atoms with Crippen LogP contribution in [0.3, 0.4) is 0 Å². The predicted molar refractivity (Wildman–Crippen MR) is 74.4 cm³/mol. The van der Waals surface area contributed by atoms with Crippen LogP contribution in [0, 0.1) is 0 Å². The quantitative estimate of drug-likeness (QED) is 0.786. The van der Waals surface area contributed by atoms with Crippen molar-refractivity contribution in [3.05, 3.63) is 23.8 Å². The van der Waals surface area contributed by atoms with Crippen LogP contribution in [-0.4, -0.2) is 31.0 Å². The molecule has 0 saturated carbocycles. The van der Waals surface area contributed by atoms with Gasteiger partial charge in [0.05, 0.1) is 13.7 Å². The van der Waals surface area contributed by atoms with Crippen LogP contribution < -0.4 is 15.2 Å². The molecule has 0 fully saturated rings. The van der Waals surface area contributed by atoms with Gasteiger partial charge in [0, 0.05) is 11.8 Å². The molecule has 3 nitrogen and oxygen atoms in total. The molecule has 1 rings (SSSR count). The number of ether oxygens (including phenoxy) is 2. The largest absolute Gasteiger partial charge is 0.493 e. The molecule has 0 saturated heterocycles. The number of nitrogens with two attached hydrogens (primary N) is 1. The van der Waals surface area contributed by atoms with Crippen LogP contribution in [0.5, 0.6) is 11.5 Å². The Kier molecular flexibility index (Phi) is 6.48. The molecule has 1 atom stereocenters. The second-order valence-corrected chi connectivity index (χ2v) is 5.43. The van der Waals surface area contributed by atoms with Gasteiger partial charge in [-0.25, -0.2) is 0 Å². The first-order valence-electron chi connectivity index (χ1n) is 6.08. The van der Waals surface area contributed by atoms with E-state index in [4.69, 9.17) is 15.2 Å². The molecule has 0 spiro atoms. The maximum absolute atomic E-state index is 12.0. The number of rotatable bonds is 7. The molecule has 20 heavy (non-hydrogen) atoms. The molecule has 0 aliphatic carbocycles. The van der Waals surface area contributed by atoms with Gasteiger partial charge in [0.15, 0.2) is 11.5 Å². The van der Waals surface area contributed by atoms with Gasteiger partial charge in [-0.15, -0.1) is 0 Å². The van der Waals surface area contributed by atoms with Crippen LogP contribution in [-0.2, 0) is 6.42 Å². The number of alkyl halides is 3. The third kappa shape index (κ3) is 5.92. The van der Waals surface area contributed by atoms with E-state index in [1.165, 1.54) is 7.11 Å². The van der Waals surface area contributed by atoms with Crippen LogP contribution in [0.2, 0.25) is 0 Å². The van der Waals surface area contributed by atoms with Crippen molar-refractivity contribution >= 4 is 11.8 Å². The first kappa shape index (κ1) is 17.0. The summed E-state index contributed by atoms with van der Waals surface area (Å²) in [5, 5.41) is 0. The summed E-state index contributed by atoms with van der Waals surface area (Å²) >= 11 is -0.104. The van der Waals surface area contributed by atoms with E-state index in [0.717, 1.165) is 5.56 Å². The van der Waals surface area contributed by atoms with E-state index < -0.39 is 5.51 Å². The topological polar surface area (TPSA) is 44.5 Å². The predicted octanol–water partition coefficient (Wildman–Crippen LogP) is 3.22. The minimum absolute atomic E-state index is 0.0451. The summed E-state index contributed by atoms with van der Waals surface area (Å²) in [6, 6.07) is 5.26. The number of halogens is 3. The lowest BCUT2D eigenvalue weighted by Gasteiger charge is -2.16. The molecule has 0 bridgehead atoms. The Morgan fingerprint density at radius 2 is 2.05 bits per heavy atom. The van der Waals surface area contributed by atoms with Crippen molar-refractivity contribution in [2.24, 2.45) is 5.73 Å². The highest BCUT2D eigenvalue weighted by molar-refractivity contribution is 8.00. The summed E-state index contributed by atoms with van der Waals surface area (Å²) in [7, 11) is 1.49. The highest BCUT2D eigenvalue weighted by Crippen LogP contribution is 2.33.